The van der Waals surface area contributed by atoms with E-state index in [1.807, 2.05) is 0 Å². The molecule has 1 aliphatic rings. The largest absolute Gasteiger partial charge is 0.456 e. The number of anilines is 1. The lowest BCUT2D eigenvalue weighted by molar-refractivity contribution is -0.136. The summed E-state index contributed by atoms with van der Waals surface area (Å²) in [6, 6.07) is 0. The number of carbonyl (C=O) groups is 1. The third-order valence-corrected chi connectivity index (χ3v) is 2.63. The van der Waals surface area contributed by atoms with Crippen LogP contribution >= 0.6 is 0 Å². The van der Waals surface area contributed by atoms with Crippen LogP contribution in [0.1, 0.15) is 12.6 Å². The number of hydrogen-bond acceptors (Lipinski definition) is 6. The predicted octanol–water partition coefficient (Wildman–Crippen LogP) is -0.199. The first-order chi connectivity index (χ1) is 9.29. The Kier molecular flexibility index (Phi) is 4.70. The van der Waals surface area contributed by atoms with Gasteiger partial charge in [-0.15, -0.1) is 0 Å². The zero-order valence-corrected chi connectivity index (χ0v) is 10.8. The first kappa shape index (κ1) is 13.3. The summed E-state index contributed by atoms with van der Waals surface area (Å²) in [4.78, 5) is 21.8. The molecule has 0 radical (unpaired) electrons. The quantitative estimate of drug-likeness (QED) is 0.587. The smallest absolute Gasteiger partial charge is 0.384 e. The second-order valence-corrected chi connectivity index (χ2v) is 3.97. The minimum absolute atomic E-state index is 0.319. The Balaban J connectivity index is 2.08. The fourth-order valence-electron chi connectivity index (χ4n) is 1.74. The van der Waals surface area contributed by atoms with Crippen LogP contribution in [0.15, 0.2) is 12.4 Å². The van der Waals surface area contributed by atoms with Gasteiger partial charge >= 0.3 is 5.97 Å². The maximum Gasteiger partial charge on any atom is 0.384 e. The van der Waals surface area contributed by atoms with Gasteiger partial charge in [0, 0.05) is 32.1 Å². The van der Waals surface area contributed by atoms with E-state index in [1.165, 1.54) is 6.20 Å². The summed E-state index contributed by atoms with van der Waals surface area (Å²) < 4.78 is 4.73. The predicted molar refractivity (Wildman–Crippen MR) is 70.6 cm³/mol. The molecule has 0 spiro atoms. The van der Waals surface area contributed by atoms with Crippen LogP contribution in [0.25, 0.3) is 0 Å². The third kappa shape index (κ3) is 3.93. The van der Waals surface area contributed by atoms with Gasteiger partial charge in [-0.05, 0) is 12.8 Å². The number of nitrogens with zero attached hydrogens (tertiary/aromatic N) is 3. The average Bonchev–Trinajstić information content (AvgIpc) is 2.47. The van der Waals surface area contributed by atoms with E-state index in [1.54, 1.807) is 13.1 Å². The third-order valence-electron chi connectivity index (χ3n) is 2.63. The molecule has 1 aromatic heterocycles. The van der Waals surface area contributed by atoms with E-state index in [0.717, 1.165) is 32.0 Å². The Morgan fingerprint density at radius 2 is 2.26 bits per heavy atom. The molecule has 0 amide bonds. The van der Waals surface area contributed by atoms with Gasteiger partial charge in [-0.2, -0.15) is 0 Å². The molecule has 0 bridgehead atoms. The fraction of sp³-hybridized carbons (Fsp3) is 0.462. The highest BCUT2D eigenvalue weighted by Gasteiger charge is 2.11. The molecule has 1 aromatic rings. The summed E-state index contributed by atoms with van der Waals surface area (Å²) >= 11 is 0. The van der Waals surface area contributed by atoms with Gasteiger partial charge in [0.15, 0.2) is 0 Å². The van der Waals surface area contributed by atoms with Crippen molar-refractivity contribution in [2.75, 3.05) is 37.7 Å². The number of nitrogens with one attached hydrogen (secondary N) is 1. The molecule has 0 atom stereocenters. The Morgan fingerprint density at radius 3 is 3.00 bits per heavy atom. The first-order valence-electron chi connectivity index (χ1n) is 6.26. The highest BCUT2D eigenvalue weighted by Crippen LogP contribution is 2.09. The summed E-state index contributed by atoms with van der Waals surface area (Å²) in [5, 5.41) is 3.27. The molecule has 6 heteroatoms. The lowest BCUT2D eigenvalue weighted by Gasteiger charge is -2.27. The molecule has 0 unspecified atom stereocenters. The van der Waals surface area contributed by atoms with Gasteiger partial charge in [-0.25, -0.2) is 9.78 Å². The Morgan fingerprint density at radius 1 is 1.47 bits per heavy atom. The molecule has 1 aliphatic heterocycles. The van der Waals surface area contributed by atoms with Gasteiger partial charge in [0.2, 0.25) is 0 Å². The minimum Gasteiger partial charge on any atom is -0.456 e. The maximum absolute atomic E-state index is 11.1. The fourth-order valence-corrected chi connectivity index (χ4v) is 1.74. The molecule has 2 heterocycles. The number of ether oxygens (including phenoxy) is 1. The van der Waals surface area contributed by atoms with Gasteiger partial charge < -0.3 is 15.0 Å². The molecule has 0 aliphatic carbocycles. The Hall–Kier alpha value is -2.13. The van der Waals surface area contributed by atoms with Crippen LogP contribution in [-0.2, 0) is 9.53 Å². The van der Waals surface area contributed by atoms with E-state index >= 15 is 0 Å². The van der Waals surface area contributed by atoms with Crippen molar-refractivity contribution in [2.24, 2.45) is 0 Å². The number of carbonyl (C=O) groups excluding carboxylic acids is 1. The monoisotopic (exact) mass is 260 g/mol. The molecular weight excluding hydrogens is 244 g/mol. The molecule has 2 rings (SSSR count). The van der Waals surface area contributed by atoms with E-state index in [9.17, 15) is 4.79 Å². The highest BCUT2D eigenvalue weighted by atomic mass is 16.5. The lowest BCUT2D eigenvalue weighted by Crippen LogP contribution is -2.44. The van der Waals surface area contributed by atoms with E-state index < -0.39 is 5.97 Å². The number of rotatable bonds is 2. The van der Waals surface area contributed by atoms with Crippen molar-refractivity contribution in [3.05, 3.63) is 18.1 Å². The van der Waals surface area contributed by atoms with Crippen LogP contribution in [0.4, 0.5) is 5.82 Å². The lowest BCUT2D eigenvalue weighted by atomic mass is 10.3. The van der Waals surface area contributed by atoms with Crippen molar-refractivity contribution in [1.29, 1.82) is 0 Å². The second-order valence-electron chi connectivity index (χ2n) is 3.97. The summed E-state index contributed by atoms with van der Waals surface area (Å²) in [5.74, 6) is 5.30. The summed E-state index contributed by atoms with van der Waals surface area (Å²) in [7, 11) is 0. The standard InChI is InChI=1S/C13H16N4O2/c1-2-19-13(18)4-3-11-9-15-10-12(16-11)17-7-5-14-6-8-17/h9-10,14H,2,5-8H2,1H3. The molecule has 1 fully saturated rings. The summed E-state index contributed by atoms with van der Waals surface area (Å²) in [6.07, 6.45) is 3.25. The zero-order chi connectivity index (χ0) is 13.5. The van der Waals surface area contributed by atoms with Gasteiger partial charge in [-0.1, -0.05) is 0 Å². The van der Waals surface area contributed by atoms with Gasteiger partial charge in [-0.3, -0.25) is 4.98 Å². The van der Waals surface area contributed by atoms with Gasteiger partial charge in [0.05, 0.1) is 19.0 Å². The van der Waals surface area contributed by atoms with Crippen LogP contribution in [0.5, 0.6) is 0 Å². The number of piperazine rings is 1. The molecule has 0 aromatic carbocycles. The average molecular weight is 260 g/mol. The molecular formula is C13H16N4O2. The molecule has 1 N–H and O–H groups in total. The first-order valence-corrected chi connectivity index (χ1v) is 6.26. The van der Waals surface area contributed by atoms with E-state index in [0.29, 0.717) is 12.3 Å². The molecule has 1 saturated heterocycles. The second kappa shape index (κ2) is 6.71. The van der Waals surface area contributed by atoms with Crippen LogP contribution in [-0.4, -0.2) is 48.7 Å². The van der Waals surface area contributed by atoms with Crippen molar-refractivity contribution in [3.8, 4) is 11.8 Å². The molecule has 6 nitrogen and oxygen atoms in total. The minimum atomic E-state index is -0.545. The van der Waals surface area contributed by atoms with Crippen LogP contribution in [0.2, 0.25) is 0 Å². The van der Waals surface area contributed by atoms with E-state index in [2.05, 4.69) is 32.0 Å². The molecule has 100 valence electrons. The van der Waals surface area contributed by atoms with Crippen molar-refractivity contribution >= 4 is 11.8 Å². The van der Waals surface area contributed by atoms with Gasteiger partial charge in [0.1, 0.15) is 11.5 Å². The number of esters is 1. The zero-order valence-electron chi connectivity index (χ0n) is 10.8. The Bertz CT molecular complexity index is 501. The van der Waals surface area contributed by atoms with Crippen molar-refractivity contribution in [1.82, 2.24) is 15.3 Å². The maximum atomic E-state index is 11.1. The van der Waals surface area contributed by atoms with Crippen LogP contribution in [0.3, 0.4) is 0 Å². The number of aromatic nitrogens is 2. The van der Waals surface area contributed by atoms with Crippen LogP contribution < -0.4 is 10.2 Å². The van der Waals surface area contributed by atoms with E-state index in [4.69, 9.17) is 4.74 Å². The van der Waals surface area contributed by atoms with Crippen molar-refractivity contribution < 1.29 is 9.53 Å². The molecule has 0 saturated carbocycles. The summed E-state index contributed by atoms with van der Waals surface area (Å²) in [5.41, 5.74) is 0.476. The SMILES string of the molecule is CCOC(=O)C#Cc1cncc(N2CCNCC2)n1. The van der Waals surface area contributed by atoms with Crippen molar-refractivity contribution in [3.63, 3.8) is 0 Å². The Labute approximate surface area is 112 Å². The number of hydrogen-bond donors (Lipinski definition) is 1. The summed E-state index contributed by atoms with van der Waals surface area (Å²) in [6.45, 7) is 5.71. The van der Waals surface area contributed by atoms with Crippen LogP contribution in [0, 0.1) is 11.8 Å². The van der Waals surface area contributed by atoms with Gasteiger partial charge in [0.25, 0.3) is 0 Å². The molecule has 19 heavy (non-hydrogen) atoms. The van der Waals surface area contributed by atoms with Crippen molar-refractivity contribution in [2.45, 2.75) is 6.92 Å². The normalized spacial score (nSPS) is 14.5. The van der Waals surface area contributed by atoms with E-state index in [-0.39, 0.29) is 0 Å². The topological polar surface area (TPSA) is 67.3 Å². The highest BCUT2D eigenvalue weighted by molar-refractivity contribution is 5.88.